The molecular weight excluding hydrogens is 500 g/mol. The second-order valence-electron chi connectivity index (χ2n) is 9.88. The van der Waals surface area contributed by atoms with Crippen LogP contribution in [0.1, 0.15) is 48.8 Å². The van der Waals surface area contributed by atoms with Crippen molar-refractivity contribution in [3.8, 4) is 11.1 Å². The molecule has 0 heterocycles. The van der Waals surface area contributed by atoms with Gasteiger partial charge in [0.25, 0.3) is 0 Å². The Bertz CT molecular complexity index is 1400. The molecule has 0 radical (unpaired) electrons. The largest absolute Gasteiger partial charge is 0.409 e. The lowest BCUT2D eigenvalue weighted by Crippen LogP contribution is -2.36. The third-order valence-electron chi connectivity index (χ3n) is 7.07. The van der Waals surface area contributed by atoms with E-state index < -0.39 is 10.0 Å². The first-order valence-corrected chi connectivity index (χ1v) is 14.3. The van der Waals surface area contributed by atoms with Crippen molar-refractivity contribution in [3.63, 3.8) is 0 Å². The number of sulfonamides is 1. The minimum Gasteiger partial charge on any atom is -0.409 e. The molecule has 0 bridgehead atoms. The lowest BCUT2D eigenvalue weighted by molar-refractivity contribution is -0.132. The minimum absolute atomic E-state index is 0.0162. The number of carbonyl (C=O) groups is 1. The van der Waals surface area contributed by atoms with Gasteiger partial charge >= 0.3 is 0 Å². The highest BCUT2D eigenvalue weighted by molar-refractivity contribution is 7.89. The van der Waals surface area contributed by atoms with Gasteiger partial charge in [-0.05, 0) is 47.6 Å². The summed E-state index contributed by atoms with van der Waals surface area (Å²) in [6.07, 6.45) is 6.08. The summed E-state index contributed by atoms with van der Waals surface area (Å²) in [6, 6.07) is 21.3. The van der Waals surface area contributed by atoms with Crippen LogP contribution in [0.15, 0.2) is 82.8 Å². The van der Waals surface area contributed by atoms with Gasteiger partial charge in [0, 0.05) is 24.2 Å². The quantitative estimate of drug-likeness (QED) is 0.163. The summed E-state index contributed by atoms with van der Waals surface area (Å²) < 4.78 is 24.0. The van der Waals surface area contributed by atoms with Crippen molar-refractivity contribution < 1.29 is 18.4 Å². The fourth-order valence-corrected chi connectivity index (χ4v) is 5.85. The van der Waals surface area contributed by atoms with E-state index in [9.17, 15) is 13.2 Å². The Kier molecular flexibility index (Phi) is 8.81. The molecule has 1 fully saturated rings. The van der Waals surface area contributed by atoms with Gasteiger partial charge < -0.3 is 15.8 Å². The van der Waals surface area contributed by atoms with Gasteiger partial charge in [0.1, 0.15) is 0 Å². The van der Waals surface area contributed by atoms with Crippen molar-refractivity contribution in [3.05, 3.63) is 89.5 Å². The Labute approximate surface area is 224 Å². The fraction of sp³-hybridized carbons (Fsp3) is 0.310. The van der Waals surface area contributed by atoms with E-state index in [0.717, 1.165) is 24.0 Å². The minimum atomic E-state index is -3.87. The number of amidine groups is 1. The van der Waals surface area contributed by atoms with E-state index in [4.69, 9.17) is 16.1 Å². The zero-order valence-corrected chi connectivity index (χ0v) is 22.1. The molecule has 8 nitrogen and oxygen atoms in total. The molecule has 1 amide bonds. The van der Waals surface area contributed by atoms with Crippen LogP contribution in [0, 0.1) is 5.92 Å². The Morgan fingerprint density at radius 2 is 1.66 bits per heavy atom. The number of hydrogen-bond donors (Lipinski definition) is 3. The first-order valence-electron chi connectivity index (χ1n) is 12.8. The molecular formula is C29H34N4O4S. The Hall–Kier alpha value is -3.69. The maximum atomic E-state index is 13.5. The lowest BCUT2D eigenvalue weighted by Gasteiger charge is -2.30. The molecule has 0 unspecified atom stereocenters. The number of rotatable bonds is 9. The number of primary sulfonamides is 1. The first kappa shape index (κ1) is 27.3. The van der Waals surface area contributed by atoms with Gasteiger partial charge in [-0.3, -0.25) is 4.79 Å². The van der Waals surface area contributed by atoms with E-state index in [0.29, 0.717) is 35.7 Å². The molecule has 1 aliphatic carbocycles. The van der Waals surface area contributed by atoms with Crippen LogP contribution in [-0.4, -0.2) is 36.8 Å². The maximum absolute atomic E-state index is 13.5. The zero-order valence-electron chi connectivity index (χ0n) is 21.3. The van der Waals surface area contributed by atoms with E-state index in [-0.39, 0.29) is 23.1 Å². The molecule has 38 heavy (non-hydrogen) atoms. The predicted molar refractivity (Wildman–Crippen MR) is 148 cm³/mol. The molecule has 0 aliphatic heterocycles. The summed E-state index contributed by atoms with van der Waals surface area (Å²) in [6.45, 7) is 1.12. The predicted octanol–water partition coefficient (Wildman–Crippen LogP) is 4.25. The topological polar surface area (TPSA) is 139 Å². The van der Waals surface area contributed by atoms with Crippen molar-refractivity contribution in [2.24, 2.45) is 21.9 Å². The molecule has 200 valence electrons. The van der Waals surface area contributed by atoms with Crippen LogP contribution < -0.4 is 10.9 Å². The number of oxime groups is 1. The molecule has 0 saturated heterocycles. The molecule has 0 atom stereocenters. The Morgan fingerprint density at radius 1 is 0.947 bits per heavy atom. The van der Waals surface area contributed by atoms with Gasteiger partial charge in [0.15, 0.2) is 5.84 Å². The fourth-order valence-electron chi connectivity index (χ4n) is 5.08. The van der Waals surface area contributed by atoms with Crippen molar-refractivity contribution in [2.75, 3.05) is 6.54 Å². The zero-order chi connectivity index (χ0) is 27.1. The van der Waals surface area contributed by atoms with Gasteiger partial charge in [-0.2, -0.15) is 0 Å². The molecule has 9 heteroatoms. The Morgan fingerprint density at radius 3 is 2.34 bits per heavy atom. The molecule has 4 rings (SSSR count). The van der Waals surface area contributed by atoms with Crippen LogP contribution in [0.4, 0.5) is 0 Å². The van der Waals surface area contributed by atoms with E-state index in [2.05, 4.69) is 5.16 Å². The van der Waals surface area contributed by atoms with Gasteiger partial charge in [0.2, 0.25) is 15.9 Å². The SMILES string of the molecule is NC(=NO)c1cccc(CN(CC2CCCCC2)C(=O)Cc2ccc(-c3ccccc3S(N)(=O)=O)cc2)c1. The standard InChI is InChI=1S/C29H34N4O4S/c30-29(32-35)25-10-6-9-23(17-25)20-33(19-22-7-2-1-3-8-22)28(34)18-21-13-15-24(16-14-21)26-11-4-5-12-27(26)38(31,36)37/h4-6,9-17,22,35H,1-3,7-8,18-20H2,(H2,30,32)(H2,31,36,37). The summed E-state index contributed by atoms with van der Waals surface area (Å²) in [4.78, 5) is 15.5. The van der Waals surface area contributed by atoms with Crippen molar-refractivity contribution >= 4 is 21.8 Å². The molecule has 3 aromatic carbocycles. The number of amides is 1. The lowest BCUT2D eigenvalue weighted by atomic mass is 9.88. The van der Waals surface area contributed by atoms with Crippen LogP contribution >= 0.6 is 0 Å². The van der Waals surface area contributed by atoms with E-state index in [1.54, 1.807) is 24.3 Å². The van der Waals surface area contributed by atoms with Crippen molar-refractivity contribution in [1.29, 1.82) is 0 Å². The summed E-state index contributed by atoms with van der Waals surface area (Å²) in [5, 5.41) is 17.5. The summed E-state index contributed by atoms with van der Waals surface area (Å²) in [5.41, 5.74) is 9.36. The summed E-state index contributed by atoms with van der Waals surface area (Å²) in [7, 11) is -3.87. The van der Waals surface area contributed by atoms with Crippen molar-refractivity contribution in [2.45, 2.75) is 50.0 Å². The second-order valence-corrected chi connectivity index (χ2v) is 11.4. The molecule has 1 aliphatic rings. The second kappa shape index (κ2) is 12.2. The monoisotopic (exact) mass is 534 g/mol. The molecule has 3 aromatic rings. The van der Waals surface area contributed by atoms with Crippen LogP contribution in [0.25, 0.3) is 11.1 Å². The average Bonchev–Trinajstić information content (AvgIpc) is 2.93. The van der Waals surface area contributed by atoms with Crippen LogP contribution in [0.5, 0.6) is 0 Å². The number of nitrogens with two attached hydrogens (primary N) is 2. The van der Waals surface area contributed by atoms with Crippen LogP contribution in [-0.2, 0) is 27.8 Å². The third kappa shape index (κ3) is 6.99. The number of benzene rings is 3. The highest BCUT2D eigenvalue weighted by Crippen LogP contribution is 2.28. The van der Waals surface area contributed by atoms with E-state index in [1.165, 1.54) is 25.3 Å². The summed E-state index contributed by atoms with van der Waals surface area (Å²) in [5.74, 6) is 0.514. The average molecular weight is 535 g/mol. The molecule has 5 N–H and O–H groups in total. The van der Waals surface area contributed by atoms with Gasteiger partial charge in [-0.25, -0.2) is 13.6 Å². The maximum Gasteiger partial charge on any atom is 0.238 e. The molecule has 0 spiro atoms. The van der Waals surface area contributed by atoms with Crippen LogP contribution in [0.2, 0.25) is 0 Å². The number of hydrogen-bond acceptors (Lipinski definition) is 5. The number of nitrogens with zero attached hydrogens (tertiary/aromatic N) is 2. The molecule has 1 saturated carbocycles. The highest BCUT2D eigenvalue weighted by atomic mass is 32.2. The number of carbonyl (C=O) groups excluding carboxylic acids is 1. The van der Waals surface area contributed by atoms with E-state index >= 15 is 0 Å². The van der Waals surface area contributed by atoms with Gasteiger partial charge in [-0.1, -0.05) is 85.1 Å². The highest BCUT2D eigenvalue weighted by Gasteiger charge is 2.22. The van der Waals surface area contributed by atoms with Gasteiger partial charge in [-0.15, -0.1) is 0 Å². The third-order valence-corrected chi connectivity index (χ3v) is 8.04. The van der Waals surface area contributed by atoms with Crippen molar-refractivity contribution in [1.82, 2.24) is 4.90 Å². The molecule has 0 aromatic heterocycles. The van der Waals surface area contributed by atoms with Crippen LogP contribution in [0.3, 0.4) is 0 Å². The first-order chi connectivity index (χ1) is 18.2. The summed E-state index contributed by atoms with van der Waals surface area (Å²) >= 11 is 0. The van der Waals surface area contributed by atoms with Gasteiger partial charge in [0.05, 0.1) is 11.3 Å². The Balaban J connectivity index is 1.53. The normalized spacial score (nSPS) is 14.8. The smallest absolute Gasteiger partial charge is 0.238 e. The van der Waals surface area contributed by atoms with E-state index in [1.807, 2.05) is 47.4 Å².